The van der Waals surface area contributed by atoms with E-state index in [1.165, 1.54) is 12.1 Å². The Kier molecular flexibility index (Phi) is 6.14. The third kappa shape index (κ3) is 3.57. The molecule has 0 bridgehead atoms. The van der Waals surface area contributed by atoms with Gasteiger partial charge in [-0.25, -0.2) is 4.39 Å². The molecule has 0 saturated heterocycles. The average Bonchev–Trinajstić information content (AvgIpc) is 2.47. The highest BCUT2D eigenvalue weighted by Crippen LogP contribution is 2.28. The van der Waals surface area contributed by atoms with Crippen LogP contribution in [0.2, 0.25) is 0 Å². The van der Waals surface area contributed by atoms with Crippen molar-refractivity contribution >= 4 is 5.91 Å². The van der Waals surface area contributed by atoms with Crippen LogP contribution in [0.5, 0.6) is 0 Å². The summed E-state index contributed by atoms with van der Waals surface area (Å²) in [7, 11) is 0. The van der Waals surface area contributed by atoms with E-state index in [9.17, 15) is 9.18 Å². The maximum Gasteiger partial charge on any atom is 0.230 e. The molecule has 0 unspecified atom stereocenters. The summed E-state index contributed by atoms with van der Waals surface area (Å²) < 4.78 is 13.2. The molecule has 1 rings (SSSR count). The highest BCUT2D eigenvalue weighted by Gasteiger charge is 2.36. The molecule has 0 saturated carbocycles. The van der Waals surface area contributed by atoms with E-state index in [1.807, 2.05) is 26.8 Å². The lowest BCUT2D eigenvalue weighted by Crippen LogP contribution is -2.47. The lowest BCUT2D eigenvalue weighted by molar-refractivity contribution is -0.142. The number of hydrogen-bond acceptors (Lipinski definition) is 2. The first-order valence-electron chi connectivity index (χ1n) is 7.26. The zero-order valence-electron chi connectivity index (χ0n) is 12.7. The van der Waals surface area contributed by atoms with Crippen molar-refractivity contribution in [1.82, 2.24) is 4.90 Å². The zero-order valence-corrected chi connectivity index (χ0v) is 12.7. The van der Waals surface area contributed by atoms with Gasteiger partial charge in [-0.2, -0.15) is 0 Å². The number of benzene rings is 1. The molecule has 0 spiro atoms. The van der Waals surface area contributed by atoms with Crippen molar-refractivity contribution in [3.05, 3.63) is 35.6 Å². The molecule has 0 radical (unpaired) electrons. The van der Waals surface area contributed by atoms with Gasteiger partial charge in [0.25, 0.3) is 0 Å². The molecule has 0 atom stereocenters. The molecule has 112 valence electrons. The van der Waals surface area contributed by atoms with Crippen LogP contribution in [0.4, 0.5) is 4.39 Å². The van der Waals surface area contributed by atoms with Gasteiger partial charge >= 0.3 is 0 Å². The number of hydrogen-bond donors (Lipinski definition) is 1. The molecule has 0 aromatic heterocycles. The van der Waals surface area contributed by atoms with E-state index in [1.54, 1.807) is 11.0 Å². The normalized spacial score (nSPS) is 11.4. The first kappa shape index (κ1) is 16.6. The standard InChI is InChI=1S/C16H25FN2O/c1-4-16(5-2,12-18)15(20)19(6-3)11-13-8-7-9-14(17)10-13/h7-10H,4-6,11-12,18H2,1-3H3. The predicted molar refractivity (Wildman–Crippen MR) is 79.6 cm³/mol. The number of nitrogens with zero attached hydrogens (tertiary/aromatic N) is 1. The lowest BCUT2D eigenvalue weighted by atomic mass is 9.81. The van der Waals surface area contributed by atoms with Gasteiger partial charge in [0.05, 0.1) is 5.41 Å². The van der Waals surface area contributed by atoms with E-state index < -0.39 is 5.41 Å². The van der Waals surface area contributed by atoms with Crippen LogP contribution in [0.25, 0.3) is 0 Å². The van der Waals surface area contributed by atoms with Crippen molar-refractivity contribution in [3.8, 4) is 0 Å². The van der Waals surface area contributed by atoms with Crippen LogP contribution in [0.15, 0.2) is 24.3 Å². The van der Waals surface area contributed by atoms with Gasteiger partial charge in [0, 0.05) is 19.6 Å². The molecule has 1 amide bonds. The van der Waals surface area contributed by atoms with Crippen LogP contribution in [0, 0.1) is 11.2 Å². The molecule has 0 aliphatic heterocycles. The van der Waals surface area contributed by atoms with Gasteiger partial charge in [-0.05, 0) is 37.5 Å². The highest BCUT2D eigenvalue weighted by atomic mass is 19.1. The monoisotopic (exact) mass is 280 g/mol. The Labute approximate surface area is 121 Å². The molecular weight excluding hydrogens is 255 g/mol. The summed E-state index contributed by atoms with van der Waals surface area (Å²) in [4.78, 5) is 14.5. The highest BCUT2D eigenvalue weighted by molar-refractivity contribution is 5.83. The Hall–Kier alpha value is -1.42. The molecule has 0 heterocycles. The quantitative estimate of drug-likeness (QED) is 0.834. The fraction of sp³-hybridized carbons (Fsp3) is 0.562. The minimum Gasteiger partial charge on any atom is -0.338 e. The van der Waals surface area contributed by atoms with E-state index in [0.29, 0.717) is 19.6 Å². The van der Waals surface area contributed by atoms with Gasteiger partial charge < -0.3 is 10.6 Å². The molecule has 20 heavy (non-hydrogen) atoms. The maximum atomic E-state index is 13.2. The number of carbonyl (C=O) groups excluding carboxylic acids is 1. The van der Waals surface area contributed by atoms with Crippen LogP contribution in [0.1, 0.15) is 39.2 Å². The predicted octanol–water partition coefficient (Wildman–Crippen LogP) is 2.94. The summed E-state index contributed by atoms with van der Waals surface area (Å²) in [6.45, 7) is 7.28. The van der Waals surface area contributed by atoms with Crippen molar-refractivity contribution in [3.63, 3.8) is 0 Å². The maximum absolute atomic E-state index is 13.2. The number of nitrogens with two attached hydrogens (primary N) is 1. The Morgan fingerprint density at radius 2 is 1.95 bits per heavy atom. The SMILES string of the molecule is CCN(Cc1cccc(F)c1)C(=O)C(CC)(CC)CN. The largest absolute Gasteiger partial charge is 0.338 e. The molecule has 2 N–H and O–H groups in total. The second-order valence-electron chi connectivity index (χ2n) is 5.14. The fourth-order valence-electron chi connectivity index (χ4n) is 2.45. The lowest BCUT2D eigenvalue weighted by Gasteiger charge is -2.34. The molecule has 1 aromatic rings. The first-order chi connectivity index (χ1) is 9.52. The van der Waals surface area contributed by atoms with Crippen molar-refractivity contribution in [2.45, 2.75) is 40.2 Å². The molecule has 3 nitrogen and oxygen atoms in total. The van der Waals surface area contributed by atoms with Crippen molar-refractivity contribution in [2.75, 3.05) is 13.1 Å². The molecular formula is C16H25FN2O. The van der Waals surface area contributed by atoms with E-state index >= 15 is 0 Å². The van der Waals surface area contributed by atoms with Crippen LogP contribution in [0.3, 0.4) is 0 Å². The summed E-state index contributed by atoms with van der Waals surface area (Å²) in [6.07, 6.45) is 1.44. The van der Waals surface area contributed by atoms with E-state index in [2.05, 4.69) is 0 Å². The smallest absolute Gasteiger partial charge is 0.230 e. The van der Waals surface area contributed by atoms with Crippen LogP contribution >= 0.6 is 0 Å². The average molecular weight is 280 g/mol. The minimum atomic E-state index is -0.497. The third-order valence-corrected chi connectivity index (χ3v) is 4.13. The van der Waals surface area contributed by atoms with Crippen LogP contribution < -0.4 is 5.73 Å². The number of amides is 1. The summed E-state index contributed by atoms with van der Waals surface area (Å²) in [6, 6.07) is 6.38. The summed E-state index contributed by atoms with van der Waals surface area (Å²) >= 11 is 0. The zero-order chi connectivity index (χ0) is 15.2. The van der Waals surface area contributed by atoms with E-state index in [4.69, 9.17) is 5.73 Å². The van der Waals surface area contributed by atoms with E-state index in [-0.39, 0.29) is 11.7 Å². The topological polar surface area (TPSA) is 46.3 Å². The van der Waals surface area contributed by atoms with Crippen molar-refractivity contribution in [1.29, 1.82) is 0 Å². The summed E-state index contributed by atoms with van der Waals surface area (Å²) in [5, 5.41) is 0. The molecule has 0 fully saturated rings. The van der Waals surface area contributed by atoms with Crippen molar-refractivity contribution < 1.29 is 9.18 Å². The third-order valence-electron chi connectivity index (χ3n) is 4.13. The minimum absolute atomic E-state index is 0.0664. The summed E-state index contributed by atoms with van der Waals surface area (Å²) in [5.74, 6) is -0.209. The molecule has 1 aromatic carbocycles. The molecule has 4 heteroatoms. The Morgan fingerprint density at radius 1 is 1.30 bits per heavy atom. The van der Waals surface area contributed by atoms with Crippen molar-refractivity contribution in [2.24, 2.45) is 11.1 Å². The second kappa shape index (κ2) is 7.39. The fourth-order valence-corrected chi connectivity index (χ4v) is 2.45. The number of carbonyl (C=O) groups is 1. The number of rotatable bonds is 7. The van der Waals surface area contributed by atoms with Gasteiger partial charge in [-0.15, -0.1) is 0 Å². The van der Waals surface area contributed by atoms with Gasteiger partial charge in [0.2, 0.25) is 5.91 Å². The van der Waals surface area contributed by atoms with Gasteiger partial charge in [0.1, 0.15) is 5.82 Å². The second-order valence-corrected chi connectivity index (χ2v) is 5.14. The summed E-state index contributed by atoms with van der Waals surface area (Å²) in [5.41, 5.74) is 6.14. The van der Waals surface area contributed by atoms with E-state index in [0.717, 1.165) is 18.4 Å². The molecule has 0 aliphatic rings. The van der Waals surface area contributed by atoms with Gasteiger partial charge in [-0.3, -0.25) is 4.79 Å². The first-order valence-corrected chi connectivity index (χ1v) is 7.26. The van der Waals surface area contributed by atoms with Crippen LogP contribution in [-0.2, 0) is 11.3 Å². The Balaban J connectivity index is 2.92. The molecule has 0 aliphatic carbocycles. The van der Waals surface area contributed by atoms with Gasteiger partial charge in [0.15, 0.2) is 0 Å². The number of halogens is 1. The Morgan fingerprint density at radius 3 is 2.40 bits per heavy atom. The van der Waals surface area contributed by atoms with Crippen LogP contribution in [-0.4, -0.2) is 23.9 Å². The van der Waals surface area contributed by atoms with Gasteiger partial charge in [-0.1, -0.05) is 26.0 Å². The Bertz CT molecular complexity index is 436.